The number of halogens is 3. The highest BCUT2D eigenvalue weighted by Gasteiger charge is 2.31. The molecule has 0 radical (unpaired) electrons. The lowest BCUT2D eigenvalue weighted by molar-refractivity contribution is -0.274. The predicted molar refractivity (Wildman–Crippen MR) is 120 cm³/mol. The van der Waals surface area contributed by atoms with Gasteiger partial charge in [-0.05, 0) is 48.0 Å². The summed E-state index contributed by atoms with van der Waals surface area (Å²) < 4.78 is 53.0. The van der Waals surface area contributed by atoms with Crippen molar-refractivity contribution in [3.63, 3.8) is 0 Å². The second kappa shape index (κ2) is 10.6. The summed E-state index contributed by atoms with van der Waals surface area (Å²) in [7, 11) is 0. The molecule has 0 saturated carbocycles. The van der Waals surface area contributed by atoms with Crippen LogP contribution in [0.4, 0.5) is 13.2 Å². The molecule has 0 bridgehead atoms. The summed E-state index contributed by atoms with van der Waals surface area (Å²) >= 11 is 0. The Balaban J connectivity index is 1.50. The van der Waals surface area contributed by atoms with Gasteiger partial charge in [0, 0.05) is 17.8 Å². The van der Waals surface area contributed by atoms with Gasteiger partial charge < -0.3 is 28.8 Å². The van der Waals surface area contributed by atoms with Crippen LogP contribution in [0.1, 0.15) is 5.56 Å². The first-order valence-electron chi connectivity index (χ1n) is 10.6. The number of hydrogen-bond donors (Lipinski definition) is 2. The lowest BCUT2D eigenvalue weighted by atomic mass is 10.2. The van der Waals surface area contributed by atoms with Crippen molar-refractivity contribution in [1.29, 1.82) is 0 Å². The van der Waals surface area contributed by atoms with Crippen molar-refractivity contribution in [2.75, 3.05) is 13.2 Å². The third kappa shape index (κ3) is 6.49. The van der Waals surface area contributed by atoms with E-state index in [9.17, 15) is 23.1 Å². The molecule has 2 aromatic heterocycles. The van der Waals surface area contributed by atoms with Gasteiger partial charge in [0.25, 0.3) is 11.4 Å². The molecule has 4 aromatic rings. The number of aromatic nitrogens is 3. The smallest absolute Gasteiger partial charge is 0.491 e. The summed E-state index contributed by atoms with van der Waals surface area (Å²) in [6.45, 7) is -0.294. The highest BCUT2D eigenvalue weighted by Crippen LogP contribution is 2.27. The molecule has 12 heteroatoms. The Morgan fingerprint density at radius 3 is 2.50 bits per heavy atom. The van der Waals surface area contributed by atoms with E-state index in [0.717, 1.165) is 17.7 Å². The number of ether oxygens (including phenoxy) is 2. The maximum absolute atomic E-state index is 12.4. The highest BCUT2D eigenvalue weighted by atomic mass is 19.4. The normalized spacial score (nSPS) is 12.4. The molecule has 188 valence electrons. The Bertz CT molecular complexity index is 1370. The molecular formula is C24H20F3N3O6. The Kier molecular flexibility index (Phi) is 7.36. The predicted octanol–water partition coefficient (Wildman–Crippen LogP) is 3.24. The monoisotopic (exact) mass is 503 g/mol. The zero-order valence-electron chi connectivity index (χ0n) is 18.6. The maximum Gasteiger partial charge on any atom is 0.573 e. The molecule has 0 aliphatic carbocycles. The van der Waals surface area contributed by atoms with Crippen molar-refractivity contribution in [1.82, 2.24) is 14.7 Å². The average Bonchev–Trinajstić information content (AvgIpc) is 3.34. The molecule has 2 aromatic carbocycles. The lowest BCUT2D eigenvalue weighted by Crippen LogP contribution is -2.21. The summed E-state index contributed by atoms with van der Waals surface area (Å²) in [6, 6.07) is 14.8. The van der Waals surface area contributed by atoms with Gasteiger partial charge in [-0.15, -0.1) is 13.2 Å². The number of aliphatic hydroxyl groups excluding tert-OH is 2. The molecule has 0 aliphatic rings. The van der Waals surface area contributed by atoms with E-state index in [2.05, 4.69) is 14.9 Å². The first-order valence-corrected chi connectivity index (χ1v) is 10.6. The number of alkyl halides is 3. The zero-order valence-corrected chi connectivity index (χ0v) is 18.6. The molecule has 2 heterocycles. The summed E-state index contributed by atoms with van der Waals surface area (Å²) in [5, 5.41) is 22.2. The van der Waals surface area contributed by atoms with Crippen LogP contribution in [-0.2, 0) is 6.54 Å². The Morgan fingerprint density at radius 2 is 1.78 bits per heavy atom. The maximum atomic E-state index is 12.4. The van der Waals surface area contributed by atoms with Crippen LogP contribution in [0.3, 0.4) is 0 Å². The number of aliphatic hydroxyl groups is 2. The second-order valence-corrected chi connectivity index (χ2v) is 7.67. The number of rotatable bonds is 9. The SMILES string of the molecule is O=c1ccc(-c2nc(-c3ccc(OC(F)(F)F)cc3)no2)cn1Cc1cccc(OC[C@H](O)CO)c1. The van der Waals surface area contributed by atoms with Crippen LogP contribution in [-0.4, -0.2) is 50.6 Å². The largest absolute Gasteiger partial charge is 0.573 e. The van der Waals surface area contributed by atoms with E-state index in [-0.39, 0.29) is 36.2 Å². The Hall–Kier alpha value is -4.16. The molecular weight excluding hydrogens is 483 g/mol. The van der Waals surface area contributed by atoms with Crippen molar-refractivity contribution in [2.24, 2.45) is 0 Å². The van der Waals surface area contributed by atoms with E-state index < -0.39 is 19.1 Å². The fourth-order valence-electron chi connectivity index (χ4n) is 3.22. The zero-order chi connectivity index (χ0) is 25.7. The number of hydrogen-bond acceptors (Lipinski definition) is 8. The fraction of sp³-hybridized carbons (Fsp3) is 0.208. The summed E-state index contributed by atoms with van der Waals surface area (Å²) in [4.78, 5) is 16.7. The minimum atomic E-state index is -4.79. The first-order chi connectivity index (χ1) is 17.2. The molecule has 0 amide bonds. The summed E-state index contributed by atoms with van der Waals surface area (Å²) in [6.07, 6.45) is -4.25. The topological polar surface area (TPSA) is 120 Å². The Morgan fingerprint density at radius 1 is 1.03 bits per heavy atom. The molecule has 2 N–H and O–H groups in total. The van der Waals surface area contributed by atoms with Crippen molar-refractivity contribution in [3.05, 3.63) is 82.8 Å². The highest BCUT2D eigenvalue weighted by molar-refractivity contribution is 5.60. The van der Waals surface area contributed by atoms with Gasteiger partial charge in [0.05, 0.1) is 18.7 Å². The van der Waals surface area contributed by atoms with Crippen molar-refractivity contribution < 1.29 is 37.4 Å². The third-order valence-electron chi connectivity index (χ3n) is 4.91. The number of pyridine rings is 1. The molecule has 0 spiro atoms. The minimum Gasteiger partial charge on any atom is -0.491 e. The van der Waals surface area contributed by atoms with Crippen LogP contribution in [0.2, 0.25) is 0 Å². The molecule has 0 fully saturated rings. The van der Waals surface area contributed by atoms with Crippen LogP contribution in [0.15, 0.2) is 76.2 Å². The van der Waals surface area contributed by atoms with E-state index >= 15 is 0 Å². The Labute approximate surface area is 202 Å². The van der Waals surface area contributed by atoms with Gasteiger partial charge >= 0.3 is 6.36 Å². The fourth-order valence-corrected chi connectivity index (χ4v) is 3.22. The van der Waals surface area contributed by atoms with Gasteiger partial charge in [0.15, 0.2) is 0 Å². The van der Waals surface area contributed by atoms with Crippen LogP contribution in [0.25, 0.3) is 22.8 Å². The number of nitrogens with zero attached hydrogens (tertiary/aromatic N) is 3. The van der Waals surface area contributed by atoms with E-state index in [0.29, 0.717) is 16.9 Å². The summed E-state index contributed by atoms with van der Waals surface area (Å²) in [5.74, 6) is 0.360. The first kappa shape index (κ1) is 24.9. The van der Waals surface area contributed by atoms with Gasteiger partial charge in [-0.2, -0.15) is 4.98 Å². The van der Waals surface area contributed by atoms with E-state index in [1.807, 2.05) is 0 Å². The van der Waals surface area contributed by atoms with Crippen LogP contribution >= 0.6 is 0 Å². The van der Waals surface area contributed by atoms with Gasteiger partial charge in [-0.1, -0.05) is 17.3 Å². The van der Waals surface area contributed by atoms with Crippen molar-refractivity contribution in [3.8, 4) is 34.3 Å². The van der Waals surface area contributed by atoms with Gasteiger partial charge in [0.2, 0.25) is 5.82 Å². The van der Waals surface area contributed by atoms with E-state index in [1.165, 1.54) is 28.8 Å². The van der Waals surface area contributed by atoms with Gasteiger partial charge in [-0.3, -0.25) is 4.79 Å². The standard InChI is InChI=1S/C24H20F3N3O6/c25-24(26,27)35-19-7-4-16(5-8-19)22-28-23(36-29-22)17-6-9-21(33)30(12-17)11-15-2-1-3-20(10-15)34-14-18(32)13-31/h1-10,12,18,31-32H,11,13-14H2/t18-/m1/s1. The quantitative estimate of drug-likeness (QED) is 0.357. The van der Waals surface area contributed by atoms with E-state index in [1.54, 1.807) is 30.5 Å². The molecule has 9 nitrogen and oxygen atoms in total. The number of benzene rings is 2. The second-order valence-electron chi connectivity index (χ2n) is 7.67. The average molecular weight is 503 g/mol. The molecule has 1 atom stereocenters. The third-order valence-corrected chi connectivity index (χ3v) is 4.91. The summed E-state index contributed by atoms with van der Waals surface area (Å²) in [5.41, 5.74) is 1.35. The van der Waals surface area contributed by atoms with Gasteiger partial charge in [-0.25, -0.2) is 0 Å². The van der Waals surface area contributed by atoms with Crippen molar-refractivity contribution >= 4 is 0 Å². The lowest BCUT2D eigenvalue weighted by Gasteiger charge is -2.12. The minimum absolute atomic E-state index is 0.0764. The van der Waals surface area contributed by atoms with Crippen LogP contribution in [0.5, 0.6) is 11.5 Å². The van der Waals surface area contributed by atoms with Crippen LogP contribution < -0.4 is 15.0 Å². The van der Waals surface area contributed by atoms with Crippen molar-refractivity contribution in [2.45, 2.75) is 19.0 Å². The van der Waals surface area contributed by atoms with E-state index in [4.69, 9.17) is 14.4 Å². The molecule has 36 heavy (non-hydrogen) atoms. The van der Waals surface area contributed by atoms with Gasteiger partial charge in [0.1, 0.15) is 24.2 Å². The molecule has 0 aliphatic heterocycles. The van der Waals surface area contributed by atoms with Crippen LogP contribution in [0, 0.1) is 0 Å². The molecule has 4 rings (SSSR count). The molecule has 0 saturated heterocycles. The molecule has 0 unspecified atom stereocenters.